The van der Waals surface area contributed by atoms with Gasteiger partial charge in [-0.1, -0.05) is 24.3 Å². The first-order chi connectivity index (χ1) is 16.3. The Morgan fingerprint density at radius 2 is 1.91 bits per heavy atom. The first-order valence-corrected chi connectivity index (χ1v) is 11.9. The van der Waals surface area contributed by atoms with Gasteiger partial charge in [-0.25, -0.2) is 9.48 Å². The van der Waals surface area contributed by atoms with Crippen molar-refractivity contribution in [3.05, 3.63) is 82.4 Å². The molecule has 1 aromatic carbocycles. The van der Waals surface area contributed by atoms with Gasteiger partial charge in [0.2, 0.25) is 0 Å². The summed E-state index contributed by atoms with van der Waals surface area (Å²) >= 11 is 1.43. The number of ether oxygens (including phenoxy) is 1. The average Bonchev–Trinajstić information content (AvgIpc) is 3.45. The number of carbonyl (C=O) groups is 1. The maximum atomic E-state index is 13.4. The molecule has 0 radical (unpaired) electrons. The average molecular weight is 473 g/mol. The van der Waals surface area contributed by atoms with Crippen LogP contribution in [0, 0.1) is 0 Å². The van der Waals surface area contributed by atoms with E-state index in [0.29, 0.717) is 29.6 Å². The minimum absolute atomic E-state index is 0.188. The molecule has 0 aliphatic carbocycles. The lowest BCUT2D eigenvalue weighted by Gasteiger charge is -2.20. The maximum Gasteiger partial charge on any atom is 0.418 e. The van der Waals surface area contributed by atoms with E-state index in [4.69, 9.17) is 9.72 Å². The normalized spacial score (nSPS) is 11.9. The molecule has 172 valence electrons. The third kappa shape index (κ3) is 4.24. The van der Waals surface area contributed by atoms with Crippen molar-refractivity contribution in [2.75, 3.05) is 0 Å². The van der Waals surface area contributed by atoms with E-state index in [9.17, 15) is 9.59 Å². The molecule has 0 unspecified atom stereocenters. The number of thiophene rings is 1. The van der Waals surface area contributed by atoms with Gasteiger partial charge in [0, 0.05) is 34.6 Å². The summed E-state index contributed by atoms with van der Waals surface area (Å²) in [6.07, 6.45) is 3.46. The summed E-state index contributed by atoms with van der Waals surface area (Å²) in [6, 6.07) is 15.6. The molecule has 0 aliphatic rings. The Labute approximate surface area is 200 Å². The Morgan fingerprint density at radius 3 is 2.74 bits per heavy atom. The van der Waals surface area contributed by atoms with Crippen LogP contribution in [0.15, 0.2) is 71.1 Å². The van der Waals surface area contributed by atoms with Gasteiger partial charge in [0.05, 0.1) is 34.0 Å². The topological polar surface area (TPSA) is 79.0 Å². The maximum absolute atomic E-state index is 13.4. The third-order valence-corrected chi connectivity index (χ3v) is 6.35. The van der Waals surface area contributed by atoms with Crippen molar-refractivity contribution in [2.24, 2.45) is 0 Å². The number of carbonyl (C=O) groups excluding carboxylic acids is 1. The van der Waals surface area contributed by atoms with Crippen molar-refractivity contribution in [1.29, 1.82) is 0 Å². The number of hydrogen-bond acceptors (Lipinski definition) is 6. The van der Waals surface area contributed by atoms with Gasteiger partial charge in [-0.3, -0.25) is 14.3 Å². The molecule has 4 aromatic heterocycles. The van der Waals surface area contributed by atoms with Gasteiger partial charge in [0.15, 0.2) is 0 Å². The minimum Gasteiger partial charge on any atom is -0.443 e. The van der Waals surface area contributed by atoms with Crippen LogP contribution in [-0.4, -0.2) is 31.0 Å². The van der Waals surface area contributed by atoms with E-state index in [1.54, 1.807) is 18.5 Å². The lowest BCUT2D eigenvalue weighted by atomic mass is 10.1. The summed E-state index contributed by atoms with van der Waals surface area (Å²) in [7, 11) is 0. The minimum atomic E-state index is -0.622. The molecule has 0 saturated heterocycles. The first kappa shape index (κ1) is 22.0. The van der Waals surface area contributed by atoms with Gasteiger partial charge in [-0.15, -0.1) is 11.3 Å². The fraction of sp³-hybridized carbons (Fsp3) is 0.231. The van der Waals surface area contributed by atoms with Gasteiger partial charge in [0.1, 0.15) is 5.60 Å². The quantitative estimate of drug-likeness (QED) is 0.345. The predicted molar refractivity (Wildman–Crippen MR) is 134 cm³/mol. The molecule has 5 aromatic rings. The zero-order valence-corrected chi connectivity index (χ0v) is 20.0. The summed E-state index contributed by atoms with van der Waals surface area (Å²) in [5.41, 5.74) is 2.33. The molecule has 7 nitrogen and oxygen atoms in total. The Hall–Kier alpha value is -3.78. The van der Waals surface area contributed by atoms with E-state index in [1.165, 1.54) is 20.6 Å². The highest BCUT2D eigenvalue weighted by Gasteiger charge is 2.22. The highest BCUT2D eigenvalue weighted by Crippen LogP contribution is 2.32. The first-order valence-electron chi connectivity index (χ1n) is 11.0. The summed E-state index contributed by atoms with van der Waals surface area (Å²) in [6.45, 7) is 5.87. The summed E-state index contributed by atoms with van der Waals surface area (Å²) < 4.78 is 9.21. The van der Waals surface area contributed by atoms with Crippen molar-refractivity contribution >= 4 is 38.4 Å². The lowest BCUT2D eigenvalue weighted by molar-refractivity contribution is 0.0540. The van der Waals surface area contributed by atoms with Gasteiger partial charge in [0.25, 0.3) is 5.56 Å². The second kappa shape index (κ2) is 8.53. The summed E-state index contributed by atoms with van der Waals surface area (Å²) in [5, 5.41) is 7.89. The van der Waals surface area contributed by atoms with Crippen LogP contribution >= 0.6 is 11.3 Å². The fourth-order valence-electron chi connectivity index (χ4n) is 3.88. The van der Waals surface area contributed by atoms with Gasteiger partial charge < -0.3 is 4.74 Å². The number of rotatable bonds is 4. The zero-order valence-electron chi connectivity index (χ0n) is 19.2. The molecule has 0 spiro atoms. The van der Waals surface area contributed by atoms with Gasteiger partial charge >= 0.3 is 6.09 Å². The van der Waals surface area contributed by atoms with Crippen LogP contribution in [0.25, 0.3) is 32.2 Å². The number of aryl methyl sites for hydroxylation is 2. The number of hydrogen-bond donors (Lipinski definition) is 0. The Balaban J connectivity index is 1.47. The fourth-order valence-corrected chi connectivity index (χ4v) is 4.79. The van der Waals surface area contributed by atoms with E-state index in [1.807, 2.05) is 68.6 Å². The van der Waals surface area contributed by atoms with Crippen molar-refractivity contribution in [1.82, 2.24) is 19.3 Å². The third-order valence-electron chi connectivity index (χ3n) is 5.43. The van der Waals surface area contributed by atoms with E-state index in [-0.39, 0.29) is 5.56 Å². The number of fused-ring (bicyclic) bond motifs is 2. The number of aromatic nitrogens is 4. The van der Waals surface area contributed by atoms with Crippen molar-refractivity contribution in [3.63, 3.8) is 0 Å². The number of pyridine rings is 1. The number of nitrogens with zero attached hydrogens (tertiary/aromatic N) is 4. The molecule has 0 bridgehead atoms. The van der Waals surface area contributed by atoms with E-state index < -0.39 is 11.7 Å². The smallest absolute Gasteiger partial charge is 0.418 e. The van der Waals surface area contributed by atoms with Crippen molar-refractivity contribution in [3.8, 4) is 11.3 Å². The zero-order chi connectivity index (χ0) is 23.9. The Bertz CT molecular complexity index is 1570. The Kier molecular flexibility index (Phi) is 5.53. The standard InChI is InChI=1S/C26H24N4O3S/c1-26(2,3)33-25(32)29-13-6-9-21(29)19-16-34-22-15-27-30(24(31)23(19)22)14-12-18-11-10-17-7-4-5-8-20(17)28-18/h4-11,13,15-16H,12,14H2,1-3H3. The summed E-state index contributed by atoms with van der Waals surface area (Å²) in [5.74, 6) is 0. The van der Waals surface area contributed by atoms with Gasteiger partial charge in [-0.05, 0) is 45.0 Å². The molecular weight excluding hydrogens is 448 g/mol. The van der Waals surface area contributed by atoms with Gasteiger partial charge in [-0.2, -0.15) is 5.10 Å². The van der Waals surface area contributed by atoms with Crippen LogP contribution < -0.4 is 5.56 Å². The van der Waals surface area contributed by atoms with Crippen LogP contribution in [0.2, 0.25) is 0 Å². The van der Waals surface area contributed by atoms with Crippen LogP contribution in [0.4, 0.5) is 4.79 Å². The van der Waals surface area contributed by atoms with E-state index in [2.05, 4.69) is 5.10 Å². The molecule has 0 N–H and O–H groups in total. The molecular formula is C26H24N4O3S. The van der Waals surface area contributed by atoms with Crippen LogP contribution in [0.1, 0.15) is 26.5 Å². The van der Waals surface area contributed by atoms with Crippen LogP contribution in [0.5, 0.6) is 0 Å². The largest absolute Gasteiger partial charge is 0.443 e. The number of benzene rings is 1. The molecule has 34 heavy (non-hydrogen) atoms. The highest BCUT2D eigenvalue weighted by molar-refractivity contribution is 7.17. The second-order valence-electron chi connectivity index (χ2n) is 9.05. The molecule has 8 heteroatoms. The highest BCUT2D eigenvalue weighted by atomic mass is 32.1. The monoisotopic (exact) mass is 472 g/mol. The van der Waals surface area contributed by atoms with E-state index in [0.717, 1.165) is 21.3 Å². The van der Waals surface area contributed by atoms with Crippen LogP contribution in [-0.2, 0) is 17.7 Å². The molecule has 0 amide bonds. The summed E-state index contributed by atoms with van der Waals surface area (Å²) in [4.78, 5) is 30.8. The predicted octanol–water partition coefficient (Wildman–Crippen LogP) is 5.50. The molecule has 4 heterocycles. The van der Waals surface area contributed by atoms with Crippen LogP contribution in [0.3, 0.4) is 0 Å². The molecule has 5 rings (SSSR count). The molecule has 0 aliphatic heterocycles. The van der Waals surface area contributed by atoms with Crippen molar-refractivity contribution in [2.45, 2.75) is 39.3 Å². The molecule has 0 saturated carbocycles. The van der Waals surface area contributed by atoms with E-state index >= 15 is 0 Å². The van der Waals surface area contributed by atoms with Crippen molar-refractivity contribution < 1.29 is 9.53 Å². The Morgan fingerprint density at radius 1 is 1.09 bits per heavy atom. The molecule has 0 fully saturated rings. The molecule has 0 atom stereocenters. The lowest BCUT2D eigenvalue weighted by Crippen LogP contribution is -2.27. The number of para-hydroxylation sites is 1. The SMILES string of the molecule is CC(C)(C)OC(=O)n1cccc1-c1csc2cnn(CCc3ccc4ccccc4n3)c(=O)c12. The second-order valence-corrected chi connectivity index (χ2v) is 9.96.